The predicted octanol–water partition coefficient (Wildman–Crippen LogP) is 3.99. The van der Waals surface area contributed by atoms with Crippen molar-refractivity contribution in [1.82, 2.24) is 10.2 Å². The maximum Gasteiger partial charge on any atom is 0.313 e. The first-order valence-corrected chi connectivity index (χ1v) is 12.8. The van der Waals surface area contributed by atoms with Crippen molar-refractivity contribution >= 4 is 28.9 Å². The lowest BCUT2D eigenvalue weighted by Gasteiger charge is -2.40. The van der Waals surface area contributed by atoms with E-state index < -0.39 is 11.8 Å². The fourth-order valence-electron chi connectivity index (χ4n) is 4.79. The fraction of sp³-hybridized carbons (Fsp3) is 0.333. The molecule has 0 radical (unpaired) electrons. The SMILES string of the molecule is Cc1ccc(NC(=O)C(=O)NCC(c2ccc(N(C)C)cc2)N2CCN(c3ccccc3)CC2)c(C)c1. The number of hydrogen-bond acceptors (Lipinski definition) is 5. The van der Waals surface area contributed by atoms with Crippen LogP contribution in [0.4, 0.5) is 17.1 Å². The number of carbonyl (C=O) groups excluding carboxylic acids is 2. The molecule has 3 aromatic carbocycles. The van der Waals surface area contributed by atoms with Gasteiger partial charge >= 0.3 is 11.8 Å². The monoisotopic (exact) mass is 499 g/mol. The van der Waals surface area contributed by atoms with E-state index in [-0.39, 0.29) is 6.04 Å². The van der Waals surface area contributed by atoms with Crippen LogP contribution in [0.2, 0.25) is 0 Å². The van der Waals surface area contributed by atoms with E-state index in [9.17, 15) is 9.59 Å². The molecule has 2 amide bonds. The molecule has 7 nitrogen and oxygen atoms in total. The minimum atomic E-state index is -0.650. The Morgan fingerprint density at radius 1 is 0.865 bits per heavy atom. The third kappa shape index (κ3) is 6.68. The van der Waals surface area contributed by atoms with Gasteiger partial charge in [-0.25, -0.2) is 0 Å². The van der Waals surface area contributed by atoms with Crippen molar-refractivity contribution in [2.75, 3.05) is 61.9 Å². The summed E-state index contributed by atoms with van der Waals surface area (Å²) in [5.41, 5.74) is 6.15. The highest BCUT2D eigenvalue weighted by atomic mass is 16.2. The lowest BCUT2D eigenvalue weighted by atomic mass is 10.0. The van der Waals surface area contributed by atoms with E-state index in [2.05, 4.69) is 73.9 Å². The van der Waals surface area contributed by atoms with Gasteiger partial charge in [-0.2, -0.15) is 0 Å². The van der Waals surface area contributed by atoms with E-state index in [1.54, 1.807) is 0 Å². The summed E-state index contributed by atoms with van der Waals surface area (Å²) in [6, 6.07) is 24.6. The van der Waals surface area contributed by atoms with Gasteiger partial charge in [-0.15, -0.1) is 0 Å². The van der Waals surface area contributed by atoms with Gasteiger partial charge < -0.3 is 20.4 Å². The second-order valence-corrected chi connectivity index (χ2v) is 9.84. The highest BCUT2D eigenvalue weighted by Crippen LogP contribution is 2.26. The summed E-state index contributed by atoms with van der Waals surface area (Å²) >= 11 is 0. The Morgan fingerprint density at radius 3 is 2.16 bits per heavy atom. The van der Waals surface area contributed by atoms with Crippen molar-refractivity contribution in [2.24, 2.45) is 0 Å². The number of aryl methyl sites for hydroxylation is 2. The van der Waals surface area contributed by atoms with E-state index in [0.717, 1.165) is 48.6 Å². The molecule has 2 N–H and O–H groups in total. The van der Waals surface area contributed by atoms with Crippen molar-refractivity contribution in [3.8, 4) is 0 Å². The molecule has 1 unspecified atom stereocenters. The minimum absolute atomic E-state index is 0.0352. The molecule has 1 fully saturated rings. The van der Waals surface area contributed by atoms with Gasteiger partial charge in [0.15, 0.2) is 0 Å². The van der Waals surface area contributed by atoms with Gasteiger partial charge in [-0.1, -0.05) is 48.0 Å². The molecule has 1 atom stereocenters. The van der Waals surface area contributed by atoms with Gasteiger partial charge in [0.2, 0.25) is 0 Å². The van der Waals surface area contributed by atoms with Crippen LogP contribution in [-0.4, -0.2) is 63.5 Å². The van der Waals surface area contributed by atoms with Crippen LogP contribution in [0.1, 0.15) is 22.7 Å². The Kier molecular flexibility index (Phi) is 8.46. The van der Waals surface area contributed by atoms with E-state index in [1.807, 2.05) is 52.2 Å². The first kappa shape index (κ1) is 26.2. The molecule has 4 rings (SSSR count). The molecule has 0 aliphatic carbocycles. The lowest BCUT2D eigenvalue weighted by molar-refractivity contribution is -0.136. The highest BCUT2D eigenvalue weighted by molar-refractivity contribution is 6.39. The number of anilines is 3. The molecule has 194 valence electrons. The zero-order valence-electron chi connectivity index (χ0n) is 22.2. The number of rotatable bonds is 7. The third-order valence-corrected chi connectivity index (χ3v) is 6.96. The standard InChI is InChI=1S/C30H37N5O2/c1-22-10-15-27(23(2)20-22)32-30(37)29(36)31-21-28(24-11-13-25(14-12-24)33(3)4)35-18-16-34(17-19-35)26-8-6-5-7-9-26/h5-15,20,28H,16-19,21H2,1-4H3,(H,31,36)(H,32,37). The first-order valence-electron chi connectivity index (χ1n) is 12.8. The summed E-state index contributed by atoms with van der Waals surface area (Å²) in [6.45, 7) is 7.79. The van der Waals surface area contributed by atoms with Crippen LogP contribution in [0.3, 0.4) is 0 Å². The van der Waals surface area contributed by atoms with Crippen LogP contribution in [0.5, 0.6) is 0 Å². The van der Waals surface area contributed by atoms with Crippen LogP contribution >= 0.6 is 0 Å². The summed E-state index contributed by atoms with van der Waals surface area (Å²) in [4.78, 5) is 32.3. The maximum absolute atomic E-state index is 12.8. The van der Waals surface area contributed by atoms with Gasteiger partial charge in [0, 0.05) is 63.9 Å². The van der Waals surface area contributed by atoms with Crippen molar-refractivity contribution in [1.29, 1.82) is 0 Å². The highest BCUT2D eigenvalue weighted by Gasteiger charge is 2.27. The van der Waals surface area contributed by atoms with Crippen LogP contribution in [-0.2, 0) is 9.59 Å². The zero-order valence-corrected chi connectivity index (χ0v) is 22.2. The molecular formula is C30H37N5O2. The molecule has 0 saturated carbocycles. The average Bonchev–Trinajstić information content (AvgIpc) is 2.91. The Labute approximate surface area is 220 Å². The van der Waals surface area contributed by atoms with Gasteiger partial charge in [-0.05, 0) is 55.3 Å². The first-order chi connectivity index (χ1) is 17.8. The number of piperazine rings is 1. The number of amides is 2. The number of para-hydroxylation sites is 1. The zero-order chi connectivity index (χ0) is 26.4. The van der Waals surface area contributed by atoms with Gasteiger partial charge in [0.25, 0.3) is 0 Å². The molecule has 37 heavy (non-hydrogen) atoms. The normalized spacial score (nSPS) is 14.6. The van der Waals surface area contributed by atoms with Gasteiger partial charge in [0.05, 0.1) is 6.04 Å². The molecule has 3 aromatic rings. The Balaban J connectivity index is 1.44. The van der Waals surface area contributed by atoms with Gasteiger partial charge in [0.1, 0.15) is 0 Å². The number of carbonyl (C=O) groups is 2. The Bertz CT molecular complexity index is 1200. The second kappa shape index (κ2) is 11.9. The molecule has 0 aromatic heterocycles. The van der Waals surface area contributed by atoms with E-state index in [1.165, 1.54) is 5.69 Å². The number of hydrogen-bond donors (Lipinski definition) is 2. The maximum atomic E-state index is 12.8. The van der Waals surface area contributed by atoms with E-state index in [4.69, 9.17) is 0 Å². The Hall–Kier alpha value is -3.84. The van der Waals surface area contributed by atoms with Crippen LogP contribution in [0.15, 0.2) is 72.8 Å². The summed E-state index contributed by atoms with van der Waals surface area (Å²) in [6.07, 6.45) is 0. The van der Waals surface area contributed by atoms with Crippen LogP contribution in [0, 0.1) is 13.8 Å². The van der Waals surface area contributed by atoms with Crippen molar-refractivity contribution in [2.45, 2.75) is 19.9 Å². The van der Waals surface area contributed by atoms with Crippen LogP contribution in [0.25, 0.3) is 0 Å². The number of nitrogens with one attached hydrogen (secondary N) is 2. The summed E-state index contributed by atoms with van der Waals surface area (Å²) in [5.74, 6) is -1.28. The van der Waals surface area contributed by atoms with E-state index in [0.29, 0.717) is 12.2 Å². The summed E-state index contributed by atoms with van der Waals surface area (Å²) < 4.78 is 0. The molecule has 7 heteroatoms. The van der Waals surface area contributed by atoms with E-state index >= 15 is 0 Å². The minimum Gasteiger partial charge on any atom is -0.378 e. The molecule has 1 heterocycles. The second-order valence-electron chi connectivity index (χ2n) is 9.84. The number of nitrogens with zero attached hydrogens (tertiary/aromatic N) is 3. The largest absolute Gasteiger partial charge is 0.378 e. The van der Waals surface area contributed by atoms with Crippen LogP contribution < -0.4 is 20.4 Å². The topological polar surface area (TPSA) is 67.9 Å². The smallest absolute Gasteiger partial charge is 0.313 e. The third-order valence-electron chi connectivity index (χ3n) is 6.96. The Morgan fingerprint density at radius 2 is 1.54 bits per heavy atom. The summed E-state index contributed by atoms with van der Waals surface area (Å²) in [7, 11) is 4.04. The molecule has 1 saturated heterocycles. The molecular weight excluding hydrogens is 462 g/mol. The lowest BCUT2D eigenvalue weighted by Crippen LogP contribution is -2.50. The fourth-order valence-corrected chi connectivity index (χ4v) is 4.79. The number of benzene rings is 3. The predicted molar refractivity (Wildman–Crippen MR) is 151 cm³/mol. The van der Waals surface area contributed by atoms with Crippen molar-refractivity contribution < 1.29 is 9.59 Å². The average molecular weight is 500 g/mol. The van der Waals surface area contributed by atoms with Gasteiger partial charge in [-0.3, -0.25) is 14.5 Å². The summed E-state index contributed by atoms with van der Waals surface area (Å²) in [5, 5.41) is 5.64. The molecule has 1 aliphatic heterocycles. The molecule has 0 spiro atoms. The molecule has 0 bridgehead atoms. The van der Waals surface area contributed by atoms with Crippen molar-refractivity contribution in [3.05, 3.63) is 89.5 Å². The van der Waals surface area contributed by atoms with Crippen molar-refractivity contribution in [3.63, 3.8) is 0 Å². The molecule has 1 aliphatic rings. The quantitative estimate of drug-likeness (QED) is 0.481.